The van der Waals surface area contributed by atoms with E-state index in [1.165, 1.54) is 77.6 Å². The summed E-state index contributed by atoms with van der Waals surface area (Å²) in [7, 11) is 0. The maximum absolute atomic E-state index is 12.6. The van der Waals surface area contributed by atoms with Crippen molar-refractivity contribution in [3.8, 4) is 5.75 Å². The summed E-state index contributed by atoms with van der Waals surface area (Å²) >= 11 is 0. The van der Waals surface area contributed by atoms with Gasteiger partial charge in [0.1, 0.15) is 17.4 Å². The number of rotatable bonds is 33. The fraction of sp³-hybridized carbons (Fsp3) is 0.667. The molecule has 6 heteroatoms. The summed E-state index contributed by atoms with van der Waals surface area (Å²) in [5.41, 5.74) is 0.272. The summed E-state index contributed by atoms with van der Waals surface area (Å²) in [6.45, 7) is 6.13. The Labute approximate surface area is 311 Å². The van der Waals surface area contributed by atoms with Gasteiger partial charge in [-0.2, -0.15) is 0 Å². The van der Waals surface area contributed by atoms with Gasteiger partial charge in [-0.1, -0.05) is 139 Å². The van der Waals surface area contributed by atoms with Gasteiger partial charge in [-0.05, 0) is 82.8 Å². The minimum absolute atomic E-state index is 0.00665. The van der Waals surface area contributed by atoms with Gasteiger partial charge >= 0.3 is 17.9 Å². The molecular formula is C45H72O6. The third-order valence-corrected chi connectivity index (χ3v) is 8.93. The Morgan fingerprint density at radius 1 is 0.627 bits per heavy atom. The third kappa shape index (κ3) is 28.2. The number of allylic oxidation sites excluding steroid dienone is 5. The summed E-state index contributed by atoms with van der Waals surface area (Å²) in [6, 6.07) is 6.64. The van der Waals surface area contributed by atoms with Crippen LogP contribution in [0.15, 0.2) is 60.7 Å². The number of hydrogen-bond donors (Lipinski definition) is 0. The molecule has 0 spiro atoms. The molecule has 0 saturated carbocycles. The normalized spacial score (nSPS) is 12.2. The van der Waals surface area contributed by atoms with Crippen LogP contribution in [0.4, 0.5) is 0 Å². The van der Waals surface area contributed by atoms with Crippen LogP contribution in [0.2, 0.25) is 0 Å². The van der Waals surface area contributed by atoms with Crippen molar-refractivity contribution in [3.63, 3.8) is 0 Å². The second kappa shape index (κ2) is 34.0. The van der Waals surface area contributed by atoms with Crippen molar-refractivity contribution in [2.24, 2.45) is 0 Å². The molecule has 1 rings (SSSR count). The molecule has 0 heterocycles. The molecule has 6 nitrogen and oxygen atoms in total. The van der Waals surface area contributed by atoms with E-state index in [0.717, 1.165) is 83.5 Å². The summed E-state index contributed by atoms with van der Waals surface area (Å²) in [5.74, 6) is -0.730. The van der Waals surface area contributed by atoms with Gasteiger partial charge in [0.2, 0.25) is 0 Å². The van der Waals surface area contributed by atoms with Gasteiger partial charge in [0.05, 0.1) is 6.61 Å². The van der Waals surface area contributed by atoms with E-state index in [9.17, 15) is 14.4 Å². The van der Waals surface area contributed by atoms with E-state index in [-0.39, 0.29) is 23.4 Å². The maximum Gasteiger partial charge on any atom is 0.341 e. The summed E-state index contributed by atoms with van der Waals surface area (Å²) in [4.78, 5) is 36.3. The average molecular weight is 709 g/mol. The summed E-state index contributed by atoms with van der Waals surface area (Å²) in [6.07, 6.45) is 41.2. The van der Waals surface area contributed by atoms with Crippen molar-refractivity contribution in [3.05, 3.63) is 66.3 Å². The van der Waals surface area contributed by atoms with E-state index >= 15 is 0 Å². The van der Waals surface area contributed by atoms with E-state index in [2.05, 4.69) is 50.3 Å². The molecule has 0 aliphatic heterocycles. The highest BCUT2D eigenvalue weighted by atomic mass is 16.6. The van der Waals surface area contributed by atoms with Crippen LogP contribution in [0, 0.1) is 0 Å². The first-order valence-corrected chi connectivity index (χ1v) is 20.6. The molecule has 0 saturated heterocycles. The zero-order valence-corrected chi connectivity index (χ0v) is 32.7. The van der Waals surface area contributed by atoms with E-state index in [1.54, 1.807) is 24.3 Å². The van der Waals surface area contributed by atoms with Crippen LogP contribution in [0.25, 0.3) is 0 Å². The summed E-state index contributed by atoms with van der Waals surface area (Å²) in [5, 5.41) is 0. The first kappa shape index (κ1) is 45.9. The Morgan fingerprint density at radius 3 is 1.84 bits per heavy atom. The minimum atomic E-state index is -0.466. The topological polar surface area (TPSA) is 78.9 Å². The van der Waals surface area contributed by atoms with Crippen molar-refractivity contribution < 1.29 is 28.6 Å². The van der Waals surface area contributed by atoms with Gasteiger partial charge in [-0.3, -0.25) is 9.59 Å². The highest BCUT2D eigenvalue weighted by Gasteiger charge is 2.15. The maximum atomic E-state index is 12.6. The van der Waals surface area contributed by atoms with E-state index in [4.69, 9.17) is 14.2 Å². The summed E-state index contributed by atoms with van der Waals surface area (Å²) < 4.78 is 16.4. The lowest BCUT2D eigenvalue weighted by Crippen LogP contribution is -2.17. The number of benzene rings is 1. The highest BCUT2D eigenvalue weighted by Crippen LogP contribution is 2.20. The average Bonchev–Trinajstić information content (AvgIpc) is 3.11. The number of para-hydroxylation sites is 1. The Bertz CT molecular complexity index is 1100. The molecule has 0 bridgehead atoms. The highest BCUT2D eigenvalue weighted by molar-refractivity contribution is 5.93. The first-order chi connectivity index (χ1) is 25.0. The fourth-order valence-corrected chi connectivity index (χ4v) is 5.91. The zero-order valence-electron chi connectivity index (χ0n) is 32.7. The second-order valence-corrected chi connectivity index (χ2v) is 13.8. The number of esters is 3. The van der Waals surface area contributed by atoms with Gasteiger partial charge < -0.3 is 14.2 Å². The lowest BCUT2D eigenvalue weighted by atomic mass is 10.1. The van der Waals surface area contributed by atoms with Crippen LogP contribution in [-0.2, 0) is 19.1 Å². The SMILES string of the molecule is CCCCC/C=C\C/C=C\CCCCCCCC(=O)O[C@@H](C/C=C\CCCCCCCCOC(=O)c1ccccc1OC(C)=O)CCCCCC. The molecule has 1 aromatic carbocycles. The molecule has 0 aliphatic carbocycles. The molecular weight excluding hydrogens is 636 g/mol. The van der Waals surface area contributed by atoms with Crippen LogP contribution in [0.3, 0.4) is 0 Å². The molecule has 1 aromatic rings. The molecule has 0 aromatic heterocycles. The Hall–Kier alpha value is -3.15. The largest absolute Gasteiger partial charge is 0.462 e. The van der Waals surface area contributed by atoms with Crippen molar-refractivity contribution in [2.75, 3.05) is 6.61 Å². The molecule has 0 radical (unpaired) electrons. The van der Waals surface area contributed by atoms with Crippen molar-refractivity contribution in [1.29, 1.82) is 0 Å². The smallest absolute Gasteiger partial charge is 0.341 e. The van der Waals surface area contributed by atoms with Gasteiger partial charge in [0, 0.05) is 19.8 Å². The third-order valence-electron chi connectivity index (χ3n) is 8.93. The molecule has 288 valence electrons. The number of carbonyl (C=O) groups excluding carboxylic acids is 3. The van der Waals surface area contributed by atoms with Crippen molar-refractivity contribution >= 4 is 17.9 Å². The van der Waals surface area contributed by atoms with Gasteiger partial charge in [-0.25, -0.2) is 4.79 Å². The lowest BCUT2D eigenvalue weighted by Gasteiger charge is -2.16. The number of ether oxygens (including phenoxy) is 3. The van der Waals surface area contributed by atoms with E-state index in [1.807, 2.05) is 0 Å². The minimum Gasteiger partial charge on any atom is -0.462 e. The molecule has 0 amide bonds. The standard InChI is InChI=1S/C45H72O6/c1-4-6-8-10-11-12-13-14-15-16-17-20-23-26-30-38-44(47)51-41(34-28-9-7-5-2)35-29-25-22-19-18-21-24-27-33-39-49-45(48)42-36-31-32-37-43(42)50-40(3)46/h11-12,14-15,25,29,31-32,36-37,41H,4-10,13,16-24,26-28,30,33-35,38-39H2,1-3H3/b12-11-,15-14-,29-25-/t41-/m1/s1. The Kier molecular flexibility index (Phi) is 30.5. The van der Waals surface area contributed by atoms with E-state index < -0.39 is 11.9 Å². The molecule has 0 aliphatic rings. The van der Waals surface area contributed by atoms with Crippen molar-refractivity contribution in [2.45, 2.75) is 187 Å². The predicted molar refractivity (Wildman–Crippen MR) is 212 cm³/mol. The van der Waals surface area contributed by atoms with Crippen LogP contribution < -0.4 is 4.74 Å². The predicted octanol–water partition coefficient (Wildman–Crippen LogP) is 13.1. The van der Waals surface area contributed by atoms with Crippen LogP contribution in [0.1, 0.15) is 192 Å². The van der Waals surface area contributed by atoms with Crippen LogP contribution in [-0.4, -0.2) is 30.6 Å². The van der Waals surface area contributed by atoms with Crippen LogP contribution in [0.5, 0.6) is 5.75 Å². The second-order valence-electron chi connectivity index (χ2n) is 13.8. The molecule has 1 atom stereocenters. The molecule has 0 unspecified atom stereocenters. The van der Waals surface area contributed by atoms with E-state index in [0.29, 0.717) is 13.0 Å². The molecule has 0 fully saturated rings. The Morgan fingerprint density at radius 2 is 1.18 bits per heavy atom. The number of hydrogen-bond acceptors (Lipinski definition) is 6. The van der Waals surface area contributed by atoms with Crippen molar-refractivity contribution in [1.82, 2.24) is 0 Å². The number of unbranched alkanes of at least 4 members (excludes halogenated alkanes) is 17. The quantitative estimate of drug-likeness (QED) is 0.0313. The van der Waals surface area contributed by atoms with Gasteiger partial charge in [0.15, 0.2) is 0 Å². The number of carbonyl (C=O) groups is 3. The monoisotopic (exact) mass is 709 g/mol. The Balaban J connectivity index is 2.14. The fourth-order valence-electron chi connectivity index (χ4n) is 5.91. The lowest BCUT2D eigenvalue weighted by molar-refractivity contribution is -0.149. The molecule has 51 heavy (non-hydrogen) atoms. The zero-order chi connectivity index (χ0) is 37.0. The van der Waals surface area contributed by atoms with Crippen LogP contribution >= 0.6 is 0 Å². The first-order valence-electron chi connectivity index (χ1n) is 20.6. The molecule has 0 N–H and O–H groups in total. The van der Waals surface area contributed by atoms with Gasteiger partial charge in [0.25, 0.3) is 0 Å². The van der Waals surface area contributed by atoms with Gasteiger partial charge in [-0.15, -0.1) is 0 Å².